The molecular formula is C14H26ClO3P. The van der Waals surface area contributed by atoms with E-state index in [1.165, 1.54) is 25.7 Å². The maximum atomic E-state index is 12.3. The van der Waals surface area contributed by atoms with E-state index in [1.807, 2.05) is 0 Å². The highest BCUT2D eigenvalue weighted by molar-refractivity contribution is 7.81. The van der Waals surface area contributed by atoms with E-state index in [0.29, 0.717) is 0 Å². The van der Waals surface area contributed by atoms with Crippen LogP contribution in [0.5, 0.6) is 0 Å². The van der Waals surface area contributed by atoms with Crippen LogP contribution >= 0.6 is 18.2 Å². The summed E-state index contributed by atoms with van der Waals surface area (Å²) in [5, 5.41) is 0. The van der Waals surface area contributed by atoms with E-state index in [-0.39, 0.29) is 12.2 Å². The first-order valence-corrected chi connectivity index (χ1v) is 10.3. The fraction of sp³-hybridized carbons (Fsp3) is 1.00. The van der Waals surface area contributed by atoms with Crippen LogP contribution in [0.3, 0.4) is 0 Å². The summed E-state index contributed by atoms with van der Waals surface area (Å²) in [7, 11) is 0. The number of rotatable bonds is 4. The van der Waals surface area contributed by atoms with Gasteiger partial charge in [-0.05, 0) is 25.7 Å². The SMILES string of the molecule is O=P(Cl)(OC1CCCCCC1)OC1CCCCCC1. The highest BCUT2D eigenvalue weighted by Crippen LogP contribution is 2.57. The van der Waals surface area contributed by atoms with E-state index in [0.717, 1.165) is 51.4 Å². The van der Waals surface area contributed by atoms with Crippen LogP contribution in [-0.2, 0) is 13.6 Å². The second kappa shape index (κ2) is 8.02. The van der Waals surface area contributed by atoms with Gasteiger partial charge in [0.15, 0.2) is 0 Å². The molecule has 112 valence electrons. The Kier molecular flexibility index (Phi) is 6.68. The number of hydrogen-bond donors (Lipinski definition) is 0. The van der Waals surface area contributed by atoms with Crippen molar-refractivity contribution in [3.05, 3.63) is 0 Å². The van der Waals surface area contributed by atoms with E-state index in [4.69, 9.17) is 20.3 Å². The Labute approximate surface area is 121 Å². The van der Waals surface area contributed by atoms with Crippen molar-refractivity contribution in [2.45, 2.75) is 89.3 Å². The zero-order valence-corrected chi connectivity index (χ0v) is 13.3. The average molecular weight is 309 g/mol. The van der Waals surface area contributed by atoms with Crippen LogP contribution < -0.4 is 0 Å². The highest BCUT2D eigenvalue weighted by atomic mass is 35.7. The average Bonchev–Trinajstić information content (AvgIpc) is 2.73. The zero-order valence-electron chi connectivity index (χ0n) is 11.7. The second-order valence-corrected chi connectivity index (χ2v) is 8.39. The third-order valence-corrected chi connectivity index (χ3v) is 5.73. The molecule has 0 aromatic carbocycles. The summed E-state index contributed by atoms with van der Waals surface area (Å²) in [6, 6.07) is 0. The predicted octanol–water partition coefficient (Wildman–Crippen LogP) is 5.81. The Hall–Kier alpha value is 0.440. The van der Waals surface area contributed by atoms with Gasteiger partial charge in [0.05, 0.1) is 12.2 Å². The molecule has 0 unspecified atom stereocenters. The van der Waals surface area contributed by atoms with Crippen molar-refractivity contribution in [1.29, 1.82) is 0 Å². The number of halogens is 1. The summed E-state index contributed by atoms with van der Waals surface area (Å²) in [6.07, 6.45) is 13.5. The summed E-state index contributed by atoms with van der Waals surface area (Å²) in [6.45, 7) is -3.40. The molecule has 0 amide bonds. The Balaban J connectivity index is 1.80. The Morgan fingerprint density at radius 1 is 0.684 bits per heavy atom. The minimum Gasteiger partial charge on any atom is -0.294 e. The lowest BCUT2D eigenvalue weighted by Crippen LogP contribution is -2.14. The van der Waals surface area contributed by atoms with Crippen LogP contribution in [0.25, 0.3) is 0 Å². The van der Waals surface area contributed by atoms with Crippen molar-refractivity contribution >= 4 is 18.2 Å². The summed E-state index contributed by atoms with van der Waals surface area (Å²) >= 11 is 6.02. The van der Waals surface area contributed by atoms with Crippen molar-refractivity contribution in [3.63, 3.8) is 0 Å². The van der Waals surface area contributed by atoms with Gasteiger partial charge in [-0.3, -0.25) is 9.05 Å². The number of hydrogen-bond acceptors (Lipinski definition) is 3. The smallest absolute Gasteiger partial charge is 0.294 e. The second-order valence-electron chi connectivity index (χ2n) is 5.87. The van der Waals surface area contributed by atoms with Crippen molar-refractivity contribution in [1.82, 2.24) is 0 Å². The lowest BCUT2D eigenvalue weighted by molar-refractivity contribution is 0.108. The van der Waals surface area contributed by atoms with Crippen LogP contribution in [0.1, 0.15) is 77.0 Å². The fourth-order valence-corrected chi connectivity index (χ4v) is 4.94. The lowest BCUT2D eigenvalue weighted by Gasteiger charge is -2.23. The molecule has 0 aromatic heterocycles. The first-order chi connectivity index (χ1) is 9.16. The minimum atomic E-state index is -3.40. The molecule has 2 saturated carbocycles. The fourth-order valence-electron chi connectivity index (χ4n) is 3.08. The standard InChI is InChI=1S/C14H26ClO3P/c15-19(16,17-13-9-5-1-2-6-10-13)18-14-11-7-3-4-8-12-14/h13-14H,1-12H2. The molecule has 0 bridgehead atoms. The maximum absolute atomic E-state index is 12.3. The quantitative estimate of drug-likeness (QED) is 0.485. The monoisotopic (exact) mass is 308 g/mol. The van der Waals surface area contributed by atoms with E-state index in [9.17, 15) is 4.57 Å². The summed E-state index contributed by atoms with van der Waals surface area (Å²) in [5.41, 5.74) is 0. The maximum Gasteiger partial charge on any atom is 0.424 e. The highest BCUT2D eigenvalue weighted by Gasteiger charge is 2.30. The van der Waals surface area contributed by atoms with Gasteiger partial charge >= 0.3 is 6.95 Å². The summed E-state index contributed by atoms with van der Waals surface area (Å²) in [5.74, 6) is 0. The van der Waals surface area contributed by atoms with Gasteiger partial charge in [0, 0.05) is 11.2 Å². The molecule has 0 aliphatic heterocycles. The van der Waals surface area contributed by atoms with Gasteiger partial charge in [-0.15, -0.1) is 0 Å². The van der Waals surface area contributed by atoms with Gasteiger partial charge in [-0.25, -0.2) is 4.57 Å². The van der Waals surface area contributed by atoms with Crippen LogP contribution in [0.2, 0.25) is 0 Å². The molecule has 0 radical (unpaired) electrons. The molecular weight excluding hydrogens is 283 g/mol. The van der Waals surface area contributed by atoms with Crippen LogP contribution in [0.4, 0.5) is 0 Å². The molecule has 0 N–H and O–H groups in total. The topological polar surface area (TPSA) is 35.5 Å². The van der Waals surface area contributed by atoms with Crippen molar-refractivity contribution in [2.75, 3.05) is 0 Å². The summed E-state index contributed by atoms with van der Waals surface area (Å²) in [4.78, 5) is 0. The van der Waals surface area contributed by atoms with Gasteiger partial charge in [-0.1, -0.05) is 51.4 Å². The van der Waals surface area contributed by atoms with Crippen LogP contribution in [0.15, 0.2) is 0 Å². The van der Waals surface area contributed by atoms with Gasteiger partial charge in [0.1, 0.15) is 0 Å². The Bertz CT molecular complexity index is 269. The van der Waals surface area contributed by atoms with Crippen LogP contribution in [0, 0.1) is 0 Å². The third-order valence-electron chi connectivity index (χ3n) is 4.15. The lowest BCUT2D eigenvalue weighted by atomic mass is 10.2. The molecule has 0 saturated heterocycles. The molecule has 19 heavy (non-hydrogen) atoms. The van der Waals surface area contributed by atoms with E-state index >= 15 is 0 Å². The van der Waals surface area contributed by atoms with Gasteiger partial charge in [0.2, 0.25) is 0 Å². The summed E-state index contributed by atoms with van der Waals surface area (Å²) < 4.78 is 23.5. The van der Waals surface area contributed by atoms with Crippen molar-refractivity contribution in [2.24, 2.45) is 0 Å². The molecule has 0 spiro atoms. The molecule has 0 atom stereocenters. The minimum absolute atomic E-state index is 0.0246. The van der Waals surface area contributed by atoms with Gasteiger partial charge < -0.3 is 0 Å². The Morgan fingerprint density at radius 3 is 1.32 bits per heavy atom. The molecule has 0 heterocycles. The molecule has 2 aliphatic rings. The Morgan fingerprint density at radius 2 is 1.00 bits per heavy atom. The van der Waals surface area contributed by atoms with Crippen molar-refractivity contribution < 1.29 is 13.6 Å². The first kappa shape index (κ1) is 15.8. The molecule has 3 nitrogen and oxygen atoms in total. The van der Waals surface area contributed by atoms with Crippen LogP contribution in [-0.4, -0.2) is 12.2 Å². The molecule has 2 fully saturated rings. The molecule has 2 aliphatic carbocycles. The first-order valence-electron chi connectivity index (χ1n) is 7.82. The zero-order chi connectivity index (χ0) is 13.6. The van der Waals surface area contributed by atoms with E-state index in [2.05, 4.69) is 0 Å². The molecule has 2 rings (SSSR count). The van der Waals surface area contributed by atoms with Crippen molar-refractivity contribution in [3.8, 4) is 0 Å². The van der Waals surface area contributed by atoms with Gasteiger partial charge in [0.25, 0.3) is 0 Å². The van der Waals surface area contributed by atoms with E-state index in [1.54, 1.807) is 0 Å². The largest absolute Gasteiger partial charge is 0.424 e. The third kappa shape index (κ3) is 6.16. The van der Waals surface area contributed by atoms with Gasteiger partial charge in [-0.2, -0.15) is 0 Å². The normalized spacial score (nSPS) is 24.9. The molecule has 0 aromatic rings. The molecule has 5 heteroatoms. The van der Waals surface area contributed by atoms with E-state index < -0.39 is 6.95 Å². The predicted molar refractivity (Wildman–Crippen MR) is 78.6 cm³/mol.